The lowest BCUT2D eigenvalue weighted by Crippen LogP contribution is -2.47. The fraction of sp³-hybridized carbons (Fsp3) is 0.480. The van der Waals surface area contributed by atoms with Crippen molar-refractivity contribution in [3.05, 3.63) is 53.4 Å². The number of amides is 2. The molecule has 3 rings (SSSR count). The van der Waals surface area contributed by atoms with Gasteiger partial charge in [-0.3, -0.25) is 14.6 Å². The molecule has 1 aliphatic rings. The first-order chi connectivity index (χ1) is 18.2. The van der Waals surface area contributed by atoms with E-state index < -0.39 is 65.0 Å². The van der Waals surface area contributed by atoms with Crippen molar-refractivity contribution in [1.82, 2.24) is 4.98 Å². The van der Waals surface area contributed by atoms with Crippen LogP contribution in [0.4, 0.5) is 27.6 Å². The van der Waals surface area contributed by atoms with Gasteiger partial charge in [0.05, 0.1) is 6.61 Å². The molecule has 0 saturated carbocycles. The van der Waals surface area contributed by atoms with Crippen molar-refractivity contribution in [2.45, 2.75) is 43.8 Å². The van der Waals surface area contributed by atoms with Crippen molar-refractivity contribution >= 4 is 17.5 Å². The third kappa shape index (κ3) is 6.12. The maximum absolute atomic E-state index is 15.0. The van der Waals surface area contributed by atoms with E-state index in [2.05, 4.69) is 10.3 Å². The first-order valence-electron chi connectivity index (χ1n) is 11.7. The molecule has 39 heavy (non-hydrogen) atoms. The number of carbonyl (C=O) groups excluding carboxylic acids is 2. The molecule has 0 spiro atoms. The van der Waals surface area contributed by atoms with Crippen LogP contribution in [0.1, 0.15) is 35.8 Å². The van der Waals surface area contributed by atoms with Crippen LogP contribution in [-0.2, 0) is 19.0 Å². The van der Waals surface area contributed by atoms with E-state index in [9.17, 15) is 27.2 Å². The Morgan fingerprint density at radius 1 is 1.21 bits per heavy atom. The van der Waals surface area contributed by atoms with Gasteiger partial charge in [0, 0.05) is 43.5 Å². The minimum atomic E-state index is -4.94. The smallest absolute Gasteiger partial charge is 0.417 e. The Balaban J connectivity index is 2.07. The summed E-state index contributed by atoms with van der Waals surface area (Å²) < 4.78 is 92.9. The largest absolute Gasteiger partial charge is 0.487 e. The zero-order chi connectivity index (χ0) is 29.1. The van der Waals surface area contributed by atoms with Crippen LogP contribution in [0.5, 0.6) is 5.75 Å². The summed E-state index contributed by atoms with van der Waals surface area (Å²) in [4.78, 5) is 28.5. The Bertz CT molecular complexity index is 1210. The highest BCUT2D eigenvalue weighted by Crippen LogP contribution is 2.55. The number of rotatable bonds is 10. The Morgan fingerprint density at radius 3 is 2.49 bits per heavy atom. The van der Waals surface area contributed by atoms with Gasteiger partial charge in [0.2, 0.25) is 5.82 Å². The average molecular weight is 562 g/mol. The molecular weight excluding hydrogens is 533 g/mol. The minimum Gasteiger partial charge on any atom is -0.487 e. The highest BCUT2D eigenvalue weighted by molar-refractivity contribution is 5.97. The van der Waals surface area contributed by atoms with E-state index in [0.717, 1.165) is 25.1 Å². The van der Waals surface area contributed by atoms with Crippen molar-refractivity contribution in [2.24, 2.45) is 11.7 Å². The highest BCUT2D eigenvalue weighted by Gasteiger charge is 2.66. The molecule has 0 aliphatic carbocycles. The number of benzene rings is 1. The van der Waals surface area contributed by atoms with Crippen molar-refractivity contribution in [1.29, 1.82) is 0 Å². The second kappa shape index (κ2) is 11.8. The van der Waals surface area contributed by atoms with Gasteiger partial charge in [-0.15, -0.1) is 0 Å². The summed E-state index contributed by atoms with van der Waals surface area (Å²) in [6.07, 6.45) is -6.32. The second-order valence-corrected chi connectivity index (χ2v) is 9.14. The molecule has 0 bridgehead atoms. The van der Waals surface area contributed by atoms with Crippen molar-refractivity contribution < 1.29 is 50.5 Å². The van der Waals surface area contributed by atoms with Crippen LogP contribution < -0.4 is 15.8 Å². The van der Waals surface area contributed by atoms with Crippen molar-refractivity contribution in [2.75, 3.05) is 32.8 Å². The Morgan fingerprint density at radius 2 is 1.90 bits per heavy atom. The number of carbonyl (C=O) groups is 2. The summed E-state index contributed by atoms with van der Waals surface area (Å²) in [5.74, 6) is -8.28. The van der Waals surface area contributed by atoms with E-state index in [4.69, 9.17) is 24.7 Å². The summed E-state index contributed by atoms with van der Waals surface area (Å²) in [5.41, 5.74) is 1.94. The van der Waals surface area contributed by atoms with Crippen LogP contribution >= 0.6 is 0 Å². The number of hydrogen-bond donors (Lipinski definition) is 2. The maximum atomic E-state index is 15.0. The van der Waals surface area contributed by atoms with Crippen LogP contribution in [0.15, 0.2) is 30.5 Å². The molecule has 9 nitrogen and oxygen atoms in total. The van der Waals surface area contributed by atoms with E-state index >= 15 is 4.39 Å². The number of ether oxygens (including phenoxy) is 4. The number of nitrogens with one attached hydrogen (secondary N) is 1. The maximum Gasteiger partial charge on any atom is 0.417 e. The lowest BCUT2D eigenvalue weighted by atomic mass is 9.77. The molecule has 1 aliphatic heterocycles. The molecule has 2 amide bonds. The second-order valence-electron chi connectivity index (χ2n) is 9.14. The molecule has 1 fully saturated rings. The summed E-state index contributed by atoms with van der Waals surface area (Å²) >= 11 is 0. The number of hydrogen-bond acceptors (Lipinski definition) is 7. The Hall–Kier alpha value is -3.36. The standard InChI is InChI=1S/C25H28F5N3O6/c1-12-18(15-5-6-16(26)19(27)20(15)38-11-14(37-4)10-36-3)21(39-24(12,2)25(28,29)30)23(35)33-13-7-8-32-17(9-13)22(31)34/h5-9,12,14,18,21H,10-11H2,1-4H3,(H2,31,34)(H,32,33,35)/t12-,14?,18-,21+,24+/m0/s1. The van der Waals surface area contributed by atoms with E-state index in [1.165, 1.54) is 33.4 Å². The zero-order valence-corrected chi connectivity index (χ0v) is 21.5. The minimum absolute atomic E-state index is 0.00340. The lowest BCUT2D eigenvalue weighted by molar-refractivity contribution is -0.272. The average Bonchev–Trinajstić information content (AvgIpc) is 3.16. The molecule has 3 N–H and O–H groups in total. The van der Waals surface area contributed by atoms with E-state index in [1.807, 2.05) is 0 Å². The van der Waals surface area contributed by atoms with Gasteiger partial charge in [-0.2, -0.15) is 17.6 Å². The molecule has 0 radical (unpaired) electrons. The lowest BCUT2D eigenvalue weighted by Gasteiger charge is -2.32. The first kappa shape index (κ1) is 30.2. The van der Waals surface area contributed by atoms with Crippen LogP contribution in [0, 0.1) is 17.6 Å². The molecule has 2 aromatic rings. The summed E-state index contributed by atoms with van der Waals surface area (Å²) in [7, 11) is 2.72. The van der Waals surface area contributed by atoms with Crippen molar-refractivity contribution in [3.8, 4) is 5.75 Å². The first-order valence-corrected chi connectivity index (χ1v) is 11.7. The van der Waals surface area contributed by atoms with E-state index in [-0.39, 0.29) is 30.2 Å². The number of aromatic nitrogens is 1. The number of halogens is 5. The van der Waals surface area contributed by atoms with Gasteiger partial charge >= 0.3 is 6.18 Å². The topological polar surface area (TPSA) is 122 Å². The van der Waals surface area contributed by atoms with Gasteiger partial charge in [0.1, 0.15) is 24.5 Å². The summed E-state index contributed by atoms with van der Waals surface area (Å²) in [5, 5.41) is 2.39. The Labute approximate surface area is 220 Å². The molecular formula is C25H28F5N3O6. The molecule has 1 unspecified atom stereocenters. The van der Waals surface area contributed by atoms with E-state index in [1.54, 1.807) is 0 Å². The van der Waals surface area contributed by atoms with Gasteiger partial charge in [-0.1, -0.05) is 13.0 Å². The molecule has 214 valence electrons. The van der Waals surface area contributed by atoms with Crippen LogP contribution in [0.25, 0.3) is 0 Å². The predicted octanol–water partition coefficient (Wildman–Crippen LogP) is 3.58. The van der Waals surface area contributed by atoms with Gasteiger partial charge in [0.25, 0.3) is 11.8 Å². The number of alkyl halides is 3. The zero-order valence-electron chi connectivity index (χ0n) is 21.5. The third-order valence-corrected chi connectivity index (χ3v) is 6.75. The van der Waals surface area contributed by atoms with Crippen LogP contribution in [0.2, 0.25) is 0 Å². The van der Waals surface area contributed by atoms with Gasteiger partial charge in [-0.05, 0) is 25.1 Å². The quantitative estimate of drug-likeness (QED) is 0.426. The predicted molar refractivity (Wildman–Crippen MR) is 127 cm³/mol. The van der Waals surface area contributed by atoms with Gasteiger partial charge < -0.3 is 30.0 Å². The number of primary amides is 1. The van der Waals surface area contributed by atoms with Gasteiger partial charge in [-0.25, -0.2) is 4.39 Å². The van der Waals surface area contributed by atoms with Gasteiger partial charge in [0.15, 0.2) is 17.2 Å². The SMILES string of the molecule is COCC(COc1c([C@H]2[C@H](C(=O)Nc3ccnc(C(N)=O)c3)O[C@@](C)(C(F)(F)F)[C@H]2C)ccc(F)c1F)OC. The molecule has 1 saturated heterocycles. The number of nitrogens with two attached hydrogens (primary N) is 1. The van der Waals surface area contributed by atoms with Crippen LogP contribution in [-0.4, -0.2) is 68.2 Å². The fourth-order valence-corrected chi connectivity index (χ4v) is 4.38. The van der Waals surface area contributed by atoms with Crippen LogP contribution in [0.3, 0.4) is 0 Å². The molecule has 1 aromatic carbocycles. The number of nitrogens with zero attached hydrogens (tertiary/aromatic N) is 1. The Kier molecular flexibility index (Phi) is 9.13. The molecule has 5 atom stereocenters. The monoisotopic (exact) mass is 561 g/mol. The number of anilines is 1. The number of methoxy groups -OCH3 is 2. The normalized spacial score (nSPS) is 23.9. The third-order valence-electron chi connectivity index (χ3n) is 6.75. The fourth-order valence-electron chi connectivity index (χ4n) is 4.38. The number of pyridine rings is 1. The molecule has 14 heteroatoms. The summed E-state index contributed by atoms with van der Waals surface area (Å²) in [6.45, 7) is 1.66. The molecule has 2 heterocycles. The highest BCUT2D eigenvalue weighted by atomic mass is 19.4. The van der Waals surface area contributed by atoms with Crippen molar-refractivity contribution in [3.63, 3.8) is 0 Å². The van der Waals surface area contributed by atoms with E-state index in [0.29, 0.717) is 0 Å². The molecule has 1 aromatic heterocycles. The summed E-state index contributed by atoms with van der Waals surface area (Å²) in [6, 6.07) is 4.20.